The Morgan fingerprint density at radius 3 is 2.58 bits per heavy atom. The second kappa shape index (κ2) is 11.3. The SMILES string of the molecule is CC#C[C@@]1(O)CC[C@]2(Cc3cccc(N(C)C)c3)C3C=CC(OC(=O)N4CCN(C(C)=O)CC4)=CC3CC[C@H]2C1. The molecule has 1 N–H and O–H groups in total. The fraction of sp³-hybridized carbons (Fsp3) is 0.576. The minimum atomic E-state index is -0.914. The van der Waals surface area contributed by atoms with Crippen molar-refractivity contribution in [2.75, 3.05) is 45.2 Å². The Hall–Kier alpha value is -3.24. The van der Waals surface area contributed by atoms with Crippen molar-refractivity contribution < 1.29 is 19.4 Å². The number of anilines is 1. The highest BCUT2D eigenvalue weighted by molar-refractivity contribution is 5.74. The van der Waals surface area contributed by atoms with Crippen LogP contribution < -0.4 is 4.90 Å². The van der Waals surface area contributed by atoms with Crippen molar-refractivity contribution in [1.29, 1.82) is 0 Å². The summed E-state index contributed by atoms with van der Waals surface area (Å²) in [4.78, 5) is 30.2. The standard InChI is InChI=1S/C33H43N3O4/c1-5-13-32(39)14-15-33(22-25-7-6-8-28(20-25)34(3)4)27(23-32)10-9-26-21-29(11-12-30(26)33)40-31(38)36-18-16-35(17-19-36)24(2)37/h6-8,11-12,20-21,26-27,30,39H,9-10,14-19,22-23H2,1-4H3/t26?,27-,30?,32+,33+/m0/s1. The van der Waals surface area contributed by atoms with E-state index < -0.39 is 5.60 Å². The molecule has 1 saturated heterocycles. The van der Waals surface area contributed by atoms with Gasteiger partial charge >= 0.3 is 6.09 Å². The molecule has 3 aliphatic carbocycles. The molecule has 5 atom stereocenters. The Labute approximate surface area is 238 Å². The molecule has 2 unspecified atom stereocenters. The minimum absolute atomic E-state index is 0.00105. The molecule has 5 rings (SSSR count). The maximum atomic E-state index is 12.9. The van der Waals surface area contributed by atoms with E-state index >= 15 is 0 Å². The quantitative estimate of drug-likeness (QED) is 0.559. The number of aliphatic hydroxyl groups is 1. The van der Waals surface area contributed by atoms with Crippen LogP contribution in [0, 0.1) is 35.0 Å². The van der Waals surface area contributed by atoms with Gasteiger partial charge in [0.1, 0.15) is 11.4 Å². The lowest BCUT2D eigenvalue weighted by molar-refractivity contribution is -0.130. The molecule has 1 aromatic rings. The predicted molar refractivity (Wildman–Crippen MR) is 156 cm³/mol. The Bertz CT molecular complexity index is 1250. The molecule has 7 nitrogen and oxygen atoms in total. The van der Waals surface area contributed by atoms with Crippen LogP contribution in [-0.2, 0) is 16.0 Å². The van der Waals surface area contributed by atoms with Crippen LogP contribution in [0.1, 0.15) is 51.5 Å². The third kappa shape index (κ3) is 5.65. The van der Waals surface area contributed by atoms with E-state index in [4.69, 9.17) is 4.74 Å². The fourth-order valence-electron chi connectivity index (χ4n) is 7.63. The molecule has 214 valence electrons. The maximum absolute atomic E-state index is 12.9. The van der Waals surface area contributed by atoms with Gasteiger partial charge in [-0.15, -0.1) is 5.92 Å². The van der Waals surface area contributed by atoms with Gasteiger partial charge in [0, 0.05) is 52.9 Å². The molecule has 40 heavy (non-hydrogen) atoms. The predicted octanol–water partition coefficient (Wildman–Crippen LogP) is 4.62. The third-order valence-corrected chi connectivity index (χ3v) is 9.73. The fourth-order valence-corrected chi connectivity index (χ4v) is 7.63. The zero-order valence-corrected chi connectivity index (χ0v) is 24.4. The lowest BCUT2D eigenvalue weighted by Gasteiger charge is -2.57. The van der Waals surface area contributed by atoms with E-state index in [-0.39, 0.29) is 23.3 Å². The number of allylic oxidation sites excluding steroid dienone is 3. The Morgan fingerprint density at radius 2 is 1.88 bits per heavy atom. The summed E-state index contributed by atoms with van der Waals surface area (Å²) in [5.41, 5.74) is 1.60. The summed E-state index contributed by atoms with van der Waals surface area (Å²) < 4.78 is 5.86. The van der Waals surface area contributed by atoms with Crippen molar-refractivity contribution in [3.8, 4) is 11.8 Å². The molecule has 4 aliphatic rings. The highest BCUT2D eigenvalue weighted by Gasteiger charge is 2.55. The van der Waals surface area contributed by atoms with Gasteiger partial charge in [-0.25, -0.2) is 4.79 Å². The number of rotatable bonds is 4. The summed E-state index contributed by atoms with van der Waals surface area (Å²) in [7, 11) is 4.14. The maximum Gasteiger partial charge on any atom is 0.415 e. The topological polar surface area (TPSA) is 73.3 Å². The largest absolute Gasteiger partial charge is 0.415 e. The van der Waals surface area contributed by atoms with Crippen molar-refractivity contribution in [3.63, 3.8) is 0 Å². The van der Waals surface area contributed by atoms with Crippen molar-refractivity contribution in [1.82, 2.24) is 9.80 Å². The van der Waals surface area contributed by atoms with Crippen LogP contribution in [0.4, 0.5) is 10.5 Å². The Kier molecular flexibility index (Phi) is 8.01. The Balaban J connectivity index is 1.36. The van der Waals surface area contributed by atoms with Crippen LogP contribution in [0.2, 0.25) is 0 Å². The first kappa shape index (κ1) is 28.3. The molecule has 2 amide bonds. The molecular weight excluding hydrogens is 502 g/mol. The zero-order valence-electron chi connectivity index (χ0n) is 24.4. The third-order valence-electron chi connectivity index (χ3n) is 9.73. The lowest BCUT2D eigenvalue weighted by atomic mass is 9.47. The number of amides is 2. The van der Waals surface area contributed by atoms with Crippen LogP contribution in [-0.4, -0.2) is 72.8 Å². The number of hydrogen-bond acceptors (Lipinski definition) is 5. The summed E-state index contributed by atoms with van der Waals surface area (Å²) in [6.07, 6.45) is 11.3. The molecule has 1 aliphatic heterocycles. The van der Waals surface area contributed by atoms with Crippen LogP contribution >= 0.6 is 0 Å². The number of carbonyl (C=O) groups is 2. The summed E-state index contributed by atoms with van der Waals surface area (Å²) in [5, 5.41) is 11.3. The molecule has 7 heteroatoms. The summed E-state index contributed by atoms with van der Waals surface area (Å²) in [6.45, 7) is 5.43. The highest BCUT2D eigenvalue weighted by Crippen LogP contribution is 2.60. The van der Waals surface area contributed by atoms with Gasteiger partial charge in [0.25, 0.3) is 0 Å². The van der Waals surface area contributed by atoms with Crippen LogP contribution in [0.15, 0.2) is 48.3 Å². The molecule has 1 heterocycles. The van der Waals surface area contributed by atoms with Gasteiger partial charge in [-0.3, -0.25) is 4.79 Å². The van der Waals surface area contributed by atoms with Gasteiger partial charge < -0.3 is 24.5 Å². The first-order valence-electron chi connectivity index (χ1n) is 14.7. The van der Waals surface area contributed by atoms with Gasteiger partial charge in [-0.2, -0.15) is 0 Å². The van der Waals surface area contributed by atoms with Crippen molar-refractivity contribution >= 4 is 17.7 Å². The molecule has 0 spiro atoms. The van der Waals surface area contributed by atoms with E-state index in [9.17, 15) is 14.7 Å². The molecule has 3 fully saturated rings. The number of hydrogen-bond donors (Lipinski definition) is 1. The number of benzene rings is 1. The molecule has 1 aromatic carbocycles. The monoisotopic (exact) mass is 545 g/mol. The van der Waals surface area contributed by atoms with Crippen LogP contribution in [0.5, 0.6) is 0 Å². The zero-order chi connectivity index (χ0) is 28.5. The highest BCUT2D eigenvalue weighted by atomic mass is 16.6. The molecular formula is C33H43N3O4. The minimum Gasteiger partial charge on any atom is -0.411 e. The number of fused-ring (bicyclic) bond motifs is 3. The second-order valence-corrected chi connectivity index (χ2v) is 12.3. The van der Waals surface area contributed by atoms with Crippen molar-refractivity contribution in [2.24, 2.45) is 23.2 Å². The van der Waals surface area contributed by atoms with Gasteiger partial charge in [0.15, 0.2) is 0 Å². The van der Waals surface area contributed by atoms with Crippen molar-refractivity contribution in [2.45, 2.75) is 58.0 Å². The van der Waals surface area contributed by atoms with E-state index in [1.807, 2.05) is 13.0 Å². The summed E-state index contributed by atoms with van der Waals surface area (Å²) in [5.74, 6) is 7.69. The van der Waals surface area contributed by atoms with Crippen LogP contribution in [0.25, 0.3) is 0 Å². The van der Waals surface area contributed by atoms with E-state index in [0.717, 1.165) is 25.7 Å². The van der Waals surface area contributed by atoms with Gasteiger partial charge in [-0.1, -0.05) is 24.1 Å². The number of carbonyl (C=O) groups excluding carboxylic acids is 2. The average Bonchev–Trinajstić information content (AvgIpc) is 2.93. The van der Waals surface area contributed by atoms with E-state index in [0.29, 0.717) is 56.6 Å². The molecule has 2 saturated carbocycles. The number of piperazine rings is 1. The molecule has 0 bridgehead atoms. The van der Waals surface area contributed by atoms with Crippen LogP contribution in [0.3, 0.4) is 0 Å². The smallest absolute Gasteiger partial charge is 0.411 e. The molecule has 0 radical (unpaired) electrons. The van der Waals surface area contributed by atoms with Crippen molar-refractivity contribution in [3.05, 3.63) is 53.8 Å². The normalized spacial score (nSPS) is 31.2. The Morgan fingerprint density at radius 1 is 1.12 bits per heavy atom. The second-order valence-electron chi connectivity index (χ2n) is 12.3. The summed E-state index contributed by atoms with van der Waals surface area (Å²) in [6, 6.07) is 8.81. The van der Waals surface area contributed by atoms with E-state index in [1.54, 1.807) is 16.7 Å². The van der Waals surface area contributed by atoms with Gasteiger partial charge in [-0.05, 0) is 98.5 Å². The lowest BCUT2D eigenvalue weighted by Crippen LogP contribution is -2.53. The van der Waals surface area contributed by atoms with E-state index in [1.165, 1.54) is 11.3 Å². The van der Waals surface area contributed by atoms with E-state index in [2.05, 4.69) is 67.3 Å². The van der Waals surface area contributed by atoms with Gasteiger partial charge in [0.05, 0.1) is 0 Å². The number of nitrogens with zero attached hydrogens (tertiary/aromatic N) is 3. The first-order chi connectivity index (χ1) is 19.1. The number of ether oxygens (including phenoxy) is 1. The first-order valence-corrected chi connectivity index (χ1v) is 14.7. The van der Waals surface area contributed by atoms with Gasteiger partial charge in [0.2, 0.25) is 5.91 Å². The summed E-state index contributed by atoms with van der Waals surface area (Å²) >= 11 is 0. The molecule has 0 aromatic heterocycles. The average molecular weight is 546 g/mol.